The van der Waals surface area contributed by atoms with Crippen molar-refractivity contribution in [3.05, 3.63) is 35.4 Å². The van der Waals surface area contributed by atoms with Gasteiger partial charge in [0.15, 0.2) is 0 Å². The number of carbonyl (C=O) groups is 1. The Labute approximate surface area is 159 Å². The first-order valence-electron chi connectivity index (χ1n) is 10.5. The highest BCUT2D eigenvalue weighted by Crippen LogP contribution is 2.44. The first-order chi connectivity index (χ1) is 12.4. The zero-order valence-corrected chi connectivity index (χ0v) is 16.8. The van der Waals surface area contributed by atoms with Crippen molar-refractivity contribution < 1.29 is 4.79 Å². The minimum Gasteiger partial charge on any atom is -0.352 e. The fraction of sp³-hybridized carbons (Fsp3) is 0.696. The molecule has 2 saturated carbocycles. The van der Waals surface area contributed by atoms with Crippen LogP contribution in [-0.4, -0.2) is 18.5 Å². The Balaban J connectivity index is 1.69. The molecule has 2 fully saturated rings. The van der Waals surface area contributed by atoms with Gasteiger partial charge in [0.1, 0.15) is 0 Å². The van der Waals surface area contributed by atoms with Crippen molar-refractivity contribution in [1.82, 2.24) is 5.32 Å². The van der Waals surface area contributed by atoms with E-state index in [0.717, 1.165) is 30.2 Å². The summed E-state index contributed by atoms with van der Waals surface area (Å²) in [4.78, 5) is 13.2. The van der Waals surface area contributed by atoms with Gasteiger partial charge in [0.25, 0.3) is 0 Å². The van der Waals surface area contributed by atoms with Gasteiger partial charge in [0.2, 0.25) is 5.91 Å². The average molecular weight is 357 g/mol. The smallest absolute Gasteiger partial charge is 0.230 e. The van der Waals surface area contributed by atoms with Gasteiger partial charge in [-0.05, 0) is 87.8 Å². The van der Waals surface area contributed by atoms with Crippen molar-refractivity contribution in [1.29, 1.82) is 0 Å². The first kappa shape index (κ1) is 19.4. The zero-order chi connectivity index (χ0) is 18.7. The van der Waals surface area contributed by atoms with Gasteiger partial charge >= 0.3 is 0 Å². The first-order valence-corrected chi connectivity index (χ1v) is 10.5. The third-order valence-corrected chi connectivity index (χ3v) is 6.94. The molecule has 0 spiro atoms. The summed E-state index contributed by atoms with van der Waals surface area (Å²) in [6.07, 6.45) is 8.60. The molecule has 26 heavy (non-hydrogen) atoms. The van der Waals surface area contributed by atoms with Crippen LogP contribution in [0.1, 0.15) is 70.4 Å². The number of hydrogen-bond donors (Lipinski definition) is 2. The lowest BCUT2D eigenvalue weighted by atomic mass is 9.65. The molecule has 1 aromatic rings. The second kappa shape index (κ2) is 8.12. The predicted molar refractivity (Wildman–Crippen MR) is 108 cm³/mol. The monoisotopic (exact) mass is 356 g/mol. The predicted octanol–water partition coefficient (Wildman–Crippen LogP) is 4.19. The van der Waals surface area contributed by atoms with E-state index in [1.54, 1.807) is 0 Å². The van der Waals surface area contributed by atoms with Crippen LogP contribution in [0.3, 0.4) is 0 Å². The SMILES string of the molecule is CCC1CC2CCC(NC(=O)C(C)(C)c3cccc(CCN)c3)C(C1)C2. The summed E-state index contributed by atoms with van der Waals surface area (Å²) in [5.74, 6) is 2.60. The molecule has 0 saturated heterocycles. The van der Waals surface area contributed by atoms with E-state index >= 15 is 0 Å². The highest BCUT2D eigenvalue weighted by atomic mass is 16.2. The van der Waals surface area contributed by atoms with Crippen LogP contribution in [0.4, 0.5) is 0 Å². The molecule has 2 bridgehead atoms. The standard InChI is InChI=1S/C23H36N2O/c1-4-16-12-18-8-9-21(19(13-16)14-18)25-22(26)23(2,3)20-7-5-6-17(15-20)10-11-24/h5-7,15-16,18-19,21H,4,8-14,24H2,1-3H3,(H,25,26). The lowest BCUT2D eigenvalue weighted by molar-refractivity contribution is -0.127. The van der Waals surface area contributed by atoms with Crippen molar-refractivity contribution in [2.24, 2.45) is 23.5 Å². The largest absolute Gasteiger partial charge is 0.352 e. The van der Waals surface area contributed by atoms with E-state index < -0.39 is 5.41 Å². The molecule has 144 valence electrons. The maximum atomic E-state index is 13.2. The summed E-state index contributed by atoms with van der Waals surface area (Å²) in [5.41, 5.74) is 7.48. The maximum Gasteiger partial charge on any atom is 0.230 e. The average Bonchev–Trinajstić information content (AvgIpc) is 2.64. The van der Waals surface area contributed by atoms with Crippen molar-refractivity contribution >= 4 is 5.91 Å². The molecule has 3 rings (SSSR count). The van der Waals surface area contributed by atoms with E-state index in [1.807, 2.05) is 19.9 Å². The van der Waals surface area contributed by atoms with Crippen LogP contribution in [0.25, 0.3) is 0 Å². The zero-order valence-electron chi connectivity index (χ0n) is 16.8. The van der Waals surface area contributed by atoms with Crippen LogP contribution in [0.2, 0.25) is 0 Å². The summed E-state index contributed by atoms with van der Waals surface area (Å²) in [7, 11) is 0. The number of nitrogens with two attached hydrogens (primary N) is 1. The minimum atomic E-state index is -0.514. The van der Waals surface area contributed by atoms with E-state index in [2.05, 4.69) is 30.4 Å². The molecule has 3 nitrogen and oxygen atoms in total. The van der Waals surface area contributed by atoms with E-state index in [0.29, 0.717) is 18.5 Å². The molecule has 0 heterocycles. The molecular formula is C23H36N2O. The molecule has 0 aliphatic heterocycles. The van der Waals surface area contributed by atoms with Crippen LogP contribution >= 0.6 is 0 Å². The number of benzene rings is 1. The second-order valence-electron chi connectivity index (χ2n) is 9.13. The Kier molecular flexibility index (Phi) is 6.06. The van der Waals surface area contributed by atoms with Crippen molar-refractivity contribution in [3.8, 4) is 0 Å². The van der Waals surface area contributed by atoms with Crippen LogP contribution in [0, 0.1) is 17.8 Å². The molecule has 3 heteroatoms. The molecular weight excluding hydrogens is 320 g/mol. The van der Waals surface area contributed by atoms with Crippen LogP contribution in [-0.2, 0) is 16.6 Å². The number of fused-ring (bicyclic) bond motifs is 2. The van der Waals surface area contributed by atoms with Gasteiger partial charge in [0.05, 0.1) is 5.41 Å². The molecule has 2 aliphatic carbocycles. The molecule has 1 aromatic carbocycles. The van der Waals surface area contributed by atoms with Crippen LogP contribution < -0.4 is 11.1 Å². The maximum absolute atomic E-state index is 13.2. The normalized spacial score (nSPS) is 28.6. The fourth-order valence-electron chi connectivity index (χ4n) is 5.12. The quantitative estimate of drug-likeness (QED) is 0.803. The summed E-state index contributed by atoms with van der Waals surface area (Å²) in [6.45, 7) is 7.05. The Bertz CT molecular complexity index is 624. The summed E-state index contributed by atoms with van der Waals surface area (Å²) >= 11 is 0. The van der Waals surface area contributed by atoms with E-state index in [1.165, 1.54) is 37.7 Å². The van der Waals surface area contributed by atoms with Gasteiger partial charge in [-0.3, -0.25) is 4.79 Å². The highest BCUT2D eigenvalue weighted by molar-refractivity contribution is 5.87. The Hall–Kier alpha value is -1.35. The van der Waals surface area contributed by atoms with Crippen LogP contribution in [0.5, 0.6) is 0 Å². The van der Waals surface area contributed by atoms with Crippen LogP contribution in [0.15, 0.2) is 24.3 Å². The topological polar surface area (TPSA) is 55.1 Å². The molecule has 0 aromatic heterocycles. The molecule has 2 aliphatic rings. The Morgan fingerprint density at radius 3 is 2.77 bits per heavy atom. The molecule has 0 radical (unpaired) electrons. The summed E-state index contributed by atoms with van der Waals surface area (Å²) in [6, 6.07) is 8.73. The summed E-state index contributed by atoms with van der Waals surface area (Å²) in [5, 5.41) is 3.45. The highest BCUT2D eigenvalue weighted by Gasteiger charge is 2.39. The Morgan fingerprint density at radius 2 is 2.04 bits per heavy atom. The Morgan fingerprint density at radius 1 is 1.23 bits per heavy atom. The van der Waals surface area contributed by atoms with Gasteiger partial charge in [-0.1, -0.05) is 37.6 Å². The van der Waals surface area contributed by atoms with Gasteiger partial charge in [0, 0.05) is 6.04 Å². The number of hydrogen-bond acceptors (Lipinski definition) is 2. The van der Waals surface area contributed by atoms with E-state index in [4.69, 9.17) is 5.73 Å². The number of amides is 1. The molecule has 4 unspecified atom stereocenters. The van der Waals surface area contributed by atoms with Crippen molar-refractivity contribution in [2.45, 2.75) is 77.2 Å². The van der Waals surface area contributed by atoms with E-state index in [-0.39, 0.29) is 5.91 Å². The lowest BCUT2D eigenvalue weighted by Gasteiger charge is -2.44. The summed E-state index contributed by atoms with van der Waals surface area (Å²) < 4.78 is 0. The van der Waals surface area contributed by atoms with Crippen molar-refractivity contribution in [2.75, 3.05) is 6.54 Å². The second-order valence-corrected chi connectivity index (χ2v) is 9.13. The third kappa shape index (κ3) is 4.14. The molecule has 1 amide bonds. The van der Waals surface area contributed by atoms with E-state index in [9.17, 15) is 4.79 Å². The third-order valence-electron chi connectivity index (χ3n) is 6.94. The number of carbonyl (C=O) groups excluding carboxylic acids is 1. The fourth-order valence-corrected chi connectivity index (χ4v) is 5.12. The van der Waals surface area contributed by atoms with Gasteiger partial charge in [-0.15, -0.1) is 0 Å². The lowest BCUT2D eigenvalue weighted by Crippen LogP contribution is -2.51. The molecule has 3 N–H and O–H groups in total. The van der Waals surface area contributed by atoms with Gasteiger partial charge in [-0.25, -0.2) is 0 Å². The van der Waals surface area contributed by atoms with Gasteiger partial charge in [-0.2, -0.15) is 0 Å². The van der Waals surface area contributed by atoms with Crippen molar-refractivity contribution in [3.63, 3.8) is 0 Å². The van der Waals surface area contributed by atoms with Gasteiger partial charge < -0.3 is 11.1 Å². The number of rotatable bonds is 6. The minimum absolute atomic E-state index is 0.171. The molecule has 4 atom stereocenters. The number of nitrogens with one attached hydrogen (secondary N) is 1.